The normalized spacial score (nSPS) is 11.0. The molecule has 4 nitrogen and oxygen atoms in total. The van der Waals surface area contributed by atoms with E-state index in [9.17, 15) is 4.79 Å². The zero-order valence-corrected chi connectivity index (χ0v) is 18.2. The monoisotopic (exact) mass is 416 g/mol. The van der Waals surface area contributed by atoms with Crippen molar-refractivity contribution < 1.29 is 4.74 Å². The lowest BCUT2D eigenvalue weighted by Gasteiger charge is -2.14. The van der Waals surface area contributed by atoms with Crippen molar-refractivity contribution in [3.05, 3.63) is 99.3 Å². The van der Waals surface area contributed by atoms with Gasteiger partial charge in [-0.3, -0.25) is 9.36 Å². The minimum atomic E-state index is -0.0140. The van der Waals surface area contributed by atoms with E-state index in [1.165, 1.54) is 16.7 Å². The molecule has 0 atom stereocenters. The average molecular weight is 417 g/mol. The van der Waals surface area contributed by atoms with E-state index in [0.29, 0.717) is 11.9 Å². The fourth-order valence-corrected chi connectivity index (χ4v) is 4.47. The van der Waals surface area contributed by atoms with E-state index >= 15 is 0 Å². The van der Waals surface area contributed by atoms with Gasteiger partial charge in [-0.1, -0.05) is 59.8 Å². The Balaban J connectivity index is 1.73. The lowest BCUT2D eigenvalue weighted by atomic mass is 10.1. The molecule has 0 N–H and O–H groups in total. The first-order valence-electron chi connectivity index (χ1n) is 9.86. The number of para-hydroxylation sites is 1. The van der Waals surface area contributed by atoms with Crippen molar-refractivity contribution in [2.24, 2.45) is 0 Å². The summed E-state index contributed by atoms with van der Waals surface area (Å²) >= 11 is 1.61. The number of benzene rings is 3. The first-order valence-corrected chi connectivity index (χ1v) is 10.8. The molecule has 1 aromatic heterocycles. The van der Waals surface area contributed by atoms with Gasteiger partial charge in [0.25, 0.3) is 5.56 Å². The molecule has 0 fully saturated rings. The number of fused-ring (bicyclic) bond motifs is 1. The second-order valence-electron chi connectivity index (χ2n) is 7.37. The number of thioether (sulfide) groups is 1. The smallest absolute Gasteiger partial charge is 0.262 e. The van der Waals surface area contributed by atoms with Crippen LogP contribution < -0.4 is 10.3 Å². The first kappa shape index (κ1) is 20.2. The number of nitrogens with zero attached hydrogens (tertiary/aromatic N) is 2. The topological polar surface area (TPSA) is 44.1 Å². The molecule has 0 aliphatic rings. The second kappa shape index (κ2) is 8.76. The summed E-state index contributed by atoms with van der Waals surface area (Å²) in [6.45, 7) is 4.69. The molecule has 0 saturated heterocycles. The molecule has 152 valence electrons. The van der Waals surface area contributed by atoms with Crippen molar-refractivity contribution in [2.75, 3.05) is 7.11 Å². The van der Waals surface area contributed by atoms with E-state index in [1.54, 1.807) is 23.4 Å². The highest BCUT2D eigenvalue weighted by Gasteiger charge is 2.13. The van der Waals surface area contributed by atoms with Crippen LogP contribution in [0.4, 0.5) is 0 Å². The van der Waals surface area contributed by atoms with Crippen molar-refractivity contribution in [1.82, 2.24) is 9.55 Å². The van der Waals surface area contributed by atoms with Crippen LogP contribution in [0.1, 0.15) is 22.3 Å². The summed E-state index contributed by atoms with van der Waals surface area (Å²) in [6, 6.07) is 21.8. The Morgan fingerprint density at radius 3 is 2.53 bits per heavy atom. The van der Waals surface area contributed by atoms with Crippen LogP contribution in [-0.4, -0.2) is 16.7 Å². The zero-order valence-electron chi connectivity index (χ0n) is 17.4. The Labute approximate surface area is 180 Å². The maximum absolute atomic E-state index is 13.3. The summed E-state index contributed by atoms with van der Waals surface area (Å²) in [7, 11) is 1.65. The van der Waals surface area contributed by atoms with Crippen molar-refractivity contribution in [1.29, 1.82) is 0 Å². The Hall–Kier alpha value is -3.05. The van der Waals surface area contributed by atoms with Crippen molar-refractivity contribution in [3.63, 3.8) is 0 Å². The van der Waals surface area contributed by atoms with E-state index in [1.807, 2.05) is 48.5 Å². The standard InChI is InChI=1S/C25H24N2O2S/c1-17-8-9-18(2)20(14-17)16-30-25-26-23-7-5-4-6-22(23)24(28)27(25)15-19-10-12-21(29-3)13-11-19/h4-14H,15-16H2,1-3H3. The fourth-order valence-electron chi connectivity index (χ4n) is 3.41. The third-order valence-electron chi connectivity index (χ3n) is 5.19. The molecule has 0 radical (unpaired) electrons. The highest BCUT2D eigenvalue weighted by molar-refractivity contribution is 7.98. The van der Waals surface area contributed by atoms with Crippen LogP contribution in [0.2, 0.25) is 0 Å². The van der Waals surface area contributed by atoms with Gasteiger partial charge in [-0.15, -0.1) is 0 Å². The van der Waals surface area contributed by atoms with Gasteiger partial charge < -0.3 is 4.74 Å². The molecule has 0 spiro atoms. The van der Waals surface area contributed by atoms with Crippen molar-refractivity contribution >= 4 is 22.7 Å². The minimum absolute atomic E-state index is 0.0140. The maximum Gasteiger partial charge on any atom is 0.262 e. The highest BCUT2D eigenvalue weighted by Crippen LogP contribution is 2.25. The predicted molar refractivity (Wildman–Crippen MR) is 124 cm³/mol. The lowest BCUT2D eigenvalue weighted by molar-refractivity contribution is 0.414. The summed E-state index contributed by atoms with van der Waals surface area (Å²) in [5.74, 6) is 1.56. The van der Waals surface area contributed by atoms with Crippen molar-refractivity contribution in [2.45, 2.75) is 31.3 Å². The van der Waals surface area contributed by atoms with Crippen LogP contribution in [0.15, 0.2) is 76.7 Å². The van der Waals surface area contributed by atoms with Crippen LogP contribution in [0.25, 0.3) is 10.9 Å². The largest absolute Gasteiger partial charge is 0.497 e. The van der Waals surface area contributed by atoms with E-state index in [0.717, 1.165) is 27.7 Å². The molecule has 4 rings (SSSR count). The Morgan fingerprint density at radius 2 is 1.77 bits per heavy atom. The predicted octanol–water partition coefficient (Wildman–Crippen LogP) is 5.36. The summed E-state index contributed by atoms with van der Waals surface area (Å²) in [5.41, 5.74) is 5.50. The van der Waals surface area contributed by atoms with Gasteiger partial charge in [0.15, 0.2) is 5.16 Å². The molecule has 0 amide bonds. The van der Waals surface area contributed by atoms with Crippen LogP contribution in [0.3, 0.4) is 0 Å². The molecular formula is C25H24N2O2S. The van der Waals surface area contributed by atoms with Gasteiger partial charge in [0.05, 0.1) is 24.6 Å². The van der Waals surface area contributed by atoms with Crippen molar-refractivity contribution in [3.8, 4) is 5.75 Å². The number of rotatable bonds is 6. The van der Waals surface area contributed by atoms with Gasteiger partial charge in [-0.2, -0.15) is 0 Å². The molecule has 30 heavy (non-hydrogen) atoms. The number of ether oxygens (including phenoxy) is 1. The SMILES string of the molecule is COc1ccc(Cn2c(SCc3cc(C)ccc3C)nc3ccccc3c2=O)cc1. The molecule has 1 heterocycles. The van der Waals surface area contributed by atoms with E-state index in [-0.39, 0.29) is 5.56 Å². The molecule has 0 aliphatic heterocycles. The summed E-state index contributed by atoms with van der Waals surface area (Å²) in [4.78, 5) is 18.1. The van der Waals surface area contributed by atoms with Gasteiger partial charge in [-0.25, -0.2) is 4.98 Å². The average Bonchev–Trinajstić information content (AvgIpc) is 2.77. The van der Waals surface area contributed by atoms with Crippen LogP contribution >= 0.6 is 11.8 Å². The highest BCUT2D eigenvalue weighted by atomic mass is 32.2. The first-order chi connectivity index (χ1) is 14.5. The molecule has 5 heteroatoms. The van der Waals surface area contributed by atoms with Gasteiger partial charge in [0.1, 0.15) is 5.75 Å². The Bertz CT molecular complexity index is 1250. The summed E-state index contributed by atoms with van der Waals surface area (Å²) in [5, 5.41) is 1.37. The third-order valence-corrected chi connectivity index (χ3v) is 6.21. The summed E-state index contributed by atoms with van der Waals surface area (Å²) < 4.78 is 7.03. The number of hydrogen-bond donors (Lipinski definition) is 0. The molecule has 0 aliphatic carbocycles. The second-order valence-corrected chi connectivity index (χ2v) is 8.31. The van der Waals surface area contributed by atoms with Gasteiger partial charge in [0.2, 0.25) is 0 Å². The molecule has 0 bridgehead atoms. The molecule has 3 aromatic carbocycles. The summed E-state index contributed by atoms with van der Waals surface area (Å²) in [6.07, 6.45) is 0. The molecular weight excluding hydrogens is 392 g/mol. The van der Waals surface area contributed by atoms with E-state index in [4.69, 9.17) is 9.72 Å². The van der Waals surface area contributed by atoms with Gasteiger partial charge in [0, 0.05) is 5.75 Å². The Morgan fingerprint density at radius 1 is 1.00 bits per heavy atom. The minimum Gasteiger partial charge on any atom is -0.497 e. The van der Waals surface area contributed by atoms with Crippen LogP contribution in [0.5, 0.6) is 5.75 Å². The van der Waals surface area contributed by atoms with E-state index in [2.05, 4.69) is 32.0 Å². The number of aromatic nitrogens is 2. The number of methoxy groups -OCH3 is 1. The third kappa shape index (κ3) is 4.26. The van der Waals surface area contributed by atoms with E-state index < -0.39 is 0 Å². The zero-order chi connectivity index (χ0) is 21.1. The molecule has 0 unspecified atom stereocenters. The fraction of sp³-hybridized carbons (Fsp3) is 0.200. The van der Waals surface area contributed by atoms with Gasteiger partial charge in [-0.05, 0) is 54.8 Å². The number of aryl methyl sites for hydroxylation is 2. The van der Waals surface area contributed by atoms with Gasteiger partial charge >= 0.3 is 0 Å². The molecule has 4 aromatic rings. The number of hydrogen-bond acceptors (Lipinski definition) is 4. The quantitative estimate of drug-likeness (QED) is 0.313. The van der Waals surface area contributed by atoms with Crippen LogP contribution in [0, 0.1) is 13.8 Å². The lowest BCUT2D eigenvalue weighted by Crippen LogP contribution is -2.24. The maximum atomic E-state index is 13.3. The Kier molecular flexibility index (Phi) is 5.91. The van der Waals surface area contributed by atoms with Crippen LogP contribution in [-0.2, 0) is 12.3 Å². The molecule has 0 saturated carbocycles.